The molecule has 2 heterocycles. The van der Waals surface area contributed by atoms with Crippen LogP contribution >= 0.6 is 12.2 Å². The molecule has 0 aliphatic rings. The Morgan fingerprint density at radius 1 is 1.50 bits per heavy atom. The quantitative estimate of drug-likeness (QED) is 0.680. The van der Waals surface area contributed by atoms with Gasteiger partial charge in [0, 0.05) is 7.05 Å². The average molecular weight is 296 g/mol. The summed E-state index contributed by atoms with van der Waals surface area (Å²) in [6, 6.07) is -0.471. The maximum absolute atomic E-state index is 11.9. The summed E-state index contributed by atoms with van der Waals surface area (Å²) in [5.41, 5.74) is 2.72. The Morgan fingerprint density at radius 2 is 2.20 bits per heavy atom. The molecule has 1 atom stereocenters. The number of imidazole rings is 1. The standard InChI is InChI=1S/C13H20N4O2S/c1-5-7-9-10-11(16(4)15-9)17(13(20)14-10)8(3)12(18)19-6-2/h8H,5-7H2,1-4H3,(H,14,20). The second kappa shape index (κ2) is 5.78. The van der Waals surface area contributed by atoms with E-state index in [1.807, 2.05) is 7.05 Å². The van der Waals surface area contributed by atoms with Crippen molar-refractivity contribution in [3.63, 3.8) is 0 Å². The largest absolute Gasteiger partial charge is 0.464 e. The van der Waals surface area contributed by atoms with Gasteiger partial charge in [-0.05, 0) is 32.5 Å². The van der Waals surface area contributed by atoms with Gasteiger partial charge >= 0.3 is 5.97 Å². The first-order valence-electron chi connectivity index (χ1n) is 6.83. The fourth-order valence-electron chi connectivity index (χ4n) is 2.38. The number of nitrogens with zero attached hydrogens (tertiary/aromatic N) is 3. The molecular formula is C13H20N4O2S. The van der Waals surface area contributed by atoms with Crippen LogP contribution in [-0.4, -0.2) is 31.9 Å². The van der Waals surface area contributed by atoms with E-state index in [-0.39, 0.29) is 5.97 Å². The van der Waals surface area contributed by atoms with Crippen molar-refractivity contribution < 1.29 is 9.53 Å². The highest BCUT2D eigenvalue weighted by atomic mass is 32.1. The lowest BCUT2D eigenvalue weighted by atomic mass is 10.2. The lowest BCUT2D eigenvalue weighted by Gasteiger charge is -2.13. The number of aromatic nitrogens is 4. The molecule has 1 N–H and O–H groups in total. The van der Waals surface area contributed by atoms with Gasteiger partial charge in [0.1, 0.15) is 11.6 Å². The first-order valence-corrected chi connectivity index (χ1v) is 7.24. The summed E-state index contributed by atoms with van der Waals surface area (Å²) in [6.45, 7) is 6.04. The van der Waals surface area contributed by atoms with E-state index in [9.17, 15) is 4.79 Å². The summed E-state index contributed by atoms with van der Waals surface area (Å²) in [5.74, 6) is -0.289. The van der Waals surface area contributed by atoms with Crippen LogP contribution < -0.4 is 0 Å². The van der Waals surface area contributed by atoms with E-state index in [4.69, 9.17) is 17.0 Å². The second-order valence-corrected chi connectivity index (χ2v) is 5.13. The van der Waals surface area contributed by atoms with Gasteiger partial charge in [-0.15, -0.1) is 0 Å². The molecule has 0 saturated heterocycles. The molecule has 0 saturated carbocycles. The maximum atomic E-state index is 11.9. The van der Waals surface area contributed by atoms with Crippen molar-refractivity contribution in [1.29, 1.82) is 0 Å². The topological polar surface area (TPSA) is 64.8 Å². The number of nitrogens with one attached hydrogen (secondary N) is 1. The van der Waals surface area contributed by atoms with Crippen molar-refractivity contribution >= 4 is 29.4 Å². The molecule has 2 aromatic heterocycles. The highest BCUT2D eigenvalue weighted by Gasteiger charge is 2.23. The van der Waals surface area contributed by atoms with Gasteiger partial charge < -0.3 is 9.72 Å². The fourth-order valence-corrected chi connectivity index (χ4v) is 2.72. The molecule has 6 nitrogen and oxygen atoms in total. The average Bonchev–Trinajstić information content (AvgIpc) is 2.88. The van der Waals surface area contributed by atoms with Gasteiger partial charge in [-0.25, -0.2) is 4.79 Å². The molecule has 0 aliphatic heterocycles. The van der Waals surface area contributed by atoms with E-state index in [1.165, 1.54) is 0 Å². The molecule has 2 aromatic rings. The lowest BCUT2D eigenvalue weighted by Crippen LogP contribution is -2.20. The molecule has 0 aliphatic carbocycles. The van der Waals surface area contributed by atoms with Gasteiger partial charge in [0.15, 0.2) is 10.4 Å². The number of ether oxygens (including phenoxy) is 1. The first-order chi connectivity index (χ1) is 9.51. The molecule has 20 heavy (non-hydrogen) atoms. The highest BCUT2D eigenvalue weighted by Crippen LogP contribution is 2.23. The van der Waals surface area contributed by atoms with Gasteiger partial charge in [-0.1, -0.05) is 13.3 Å². The monoisotopic (exact) mass is 296 g/mol. The van der Waals surface area contributed by atoms with E-state index >= 15 is 0 Å². The minimum absolute atomic E-state index is 0.289. The number of carbonyl (C=O) groups is 1. The van der Waals surface area contributed by atoms with Crippen LogP contribution in [0.4, 0.5) is 0 Å². The van der Waals surface area contributed by atoms with E-state index < -0.39 is 6.04 Å². The number of H-pyrrole nitrogens is 1. The van der Waals surface area contributed by atoms with Crippen molar-refractivity contribution in [1.82, 2.24) is 19.3 Å². The van der Waals surface area contributed by atoms with Crippen LogP contribution in [-0.2, 0) is 23.0 Å². The molecule has 0 aromatic carbocycles. The van der Waals surface area contributed by atoms with Crippen LogP contribution in [0.1, 0.15) is 38.9 Å². The van der Waals surface area contributed by atoms with Crippen LogP contribution in [0.3, 0.4) is 0 Å². The fraction of sp³-hybridized carbons (Fsp3) is 0.615. The van der Waals surface area contributed by atoms with Crippen molar-refractivity contribution in [2.75, 3.05) is 6.61 Å². The Hall–Kier alpha value is -1.63. The molecule has 1 unspecified atom stereocenters. The van der Waals surface area contributed by atoms with Gasteiger partial charge in [-0.3, -0.25) is 9.25 Å². The van der Waals surface area contributed by atoms with Gasteiger partial charge in [0.2, 0.25) is 0 Å². The minimum atomic E-state index is -0.471. The number of aryl methyl sites for hydroxylation is 2. The van der Waals surface area contributed by atoms with Crippen LogP contribution in [0.15, 0.2) is 0 Å². The number of hydrogen-bond donors (Lipinski definition) is 1. The zero-order valence-corrected chi connectivity index (χ0v) is 13.1. The second-order valence-electron chi connectivity index (χ2n) is 4.75. The summed E-state index contributed by atoms with van der Waals surface area (Å²) < 4.78 is 9.13. The van der Waals surface area contributed by atoms with Crippen molar-refractivity contribution in [3.05, 3.63) is 10.5 Å². The summed E-state index contributed by atoms with van der Waals surface area (Å²) in [7, 11) is 1.86. The van der Waals surface area contributed by atoms with Crippen molar-refractivity contribution in [3.8, 4) is 0 Å². The van der Waals surface area contributed by atoms with Gasteiger partial charge in [0.05, 0.1) is 12.3 Å². The third-order valence-corrected chi connectivity index (χ3v) is 3.57. The SMILES string of the molecule is CCCc1nn(C)c2c1[nH]c(=S)n2C(C)C(=O)OCC. The van der Waals surface area contributed by atoms with Crippen LogP contribution in [0, 0.1) is 4.77 Å². The zero-order valence-electron chi connectivity index (χ0n) is 12.3. The normalized spacial score (nSPS) is 12.8. The van der Waals surface area contributed by atoms with Gasteiger partial charge in [-0.2, -0.15) is 5.10 Å². The van der Waals surface area contributed by atoms with Gasteiger partial charge in [0.25, 0.3) is 0 Å². The molecule has 0 amide bonds. The predicted octanol–water partition coefficient (Wildman–Crippen LogP) is 2.51. The molecule has 0 bridgehead atoms. The first kappa shape index (κ1) is 14.8. The lowest BCUT2D eigenvalue weighted by molar-refractivity contribution is -0.146. The Kier molecular flexibility index (Phi) is 4.27. The summed E-state index contributed by atoms with van der Waals surface area (Å²) >= 11 is 5.35. The van der Waals surface area contributed by atoms with Crippen molar-refractivity contribution in [2.24, 2.45) is 7.05 Å². The molecular weight excluding hydrogens is 276 g/mol. The summed E-state index contributed by atoms with van der Waals surface area (Å²) in [5, 5.41) is 4.50. The minimum Gasteiger partial charge on any atom is -0.464 e. The third kappa shape index (κ3) is 2.37. The Morgan fingerprint density at radius 3 is 2.80 bits per heavy atom. The number of esters is 1. The van der Waals surface area contributed by atoms with E-state index in [1.54, 1.807) is 23.1 Å². The number of rotatable bonds is 5. The molecule has 0 spiro atoms. The zero-order chi connectivity index (χ0) is 14.9. The van der Waals surface area contributed by atoms with Crippen molar-refractivity contribution in [2.45, 2.75) is 39.7 Å². The maximum Gasteiger partial charge on any atom is 0.328 e. The number of hydrogen-bond acceptors (Lipinski definition) is 4. The molecule has 110 valence electrons. The highest BCUT2D eigenvalue weighted by molar-refractivity contribution is 7.71. The van der Waals surface area contributed by atoms with Crippen LogP contribution in [0.2, 0.25) is 0 Å². The summed E-state index contributed by atoms with van der Waals surface area (Å²) in [4.78, 5) is 15.1. The smallest absolute Gasteiger partial charge is 0.328 e. The summed E-state index contributed by atoms with van der Waals surface area (Å²) in [6.07, 6.45) is 1.88. The molecule has 0 fully saturated rings. The molecule has 2 rings (SSSR count). The van der Waals surface area contributed by atoms with Crippen LogP contribution in [0.5, 0.6) is 0 Å². The molecule has 0 radical (unpaired) electrons. The van der Waals surface area contributed by atoms with E-state index in [2.05, 4.69) is 17.0 Å². The Balaban J connectivity index is 2.56. The molecule has 7 heteroatoms. The number of fused-ring (bicyclic) bond motifs is 1. The van der Waals surface area contributed by atoms with E-state index in [0.717, 1.165) is 29.7 Å². The van der Waals surface area contributed by atoms with Crippen LogP contribution in [0.25, 0.3) is 11.2 Å². The number of carbonyl (C=O) groups excluding carboxylic acids is 1. The number of aromatic amines is 1. The van der Waals surface area contributed by atoms with E-state index in [0.29, 0.717) is 11.4 Å². The Labute approximate surface area is 122 Å². The third-order valence-electron chi connectivity index (χ3n) is 3.27. The predicted molar refractivity (Wildman–Crippen MR) is 79.2 cm³/mol. The Bertz CT molecular complexity index is 682.